The number of hydrogen-bond acceptors (Lipinski definition) is 5. The highest BCUT2D eigenvalue weighted by molar-refractivity contribution is 6.19. The van der Waals surface area contributed by atoms with E-state index in [1.807, 2.05) is 60.7 Å². The first-order chi connectivity index (χ1) is 15.6. The summed E-state index contributed by atoms with van der Waals surface area (Å²) in [5.74, 6) is 1.20. The molecule has 0 fully saturated rings. The first kappa shape index (κ1) is 21.3. The first-order valence-electron chi connectivity index (χ1n) is 10.5. The van der Waals surface area contributed by atoms with Crippen molar-refractivity contribution in [3.05, 3.63) is 83.9 Å². The van der Waals surface area contributed by atoms with Crippen molar-refractivity contribution < 1.29 is 14.3 Å². The third-order valence-corrected chi connectivity index (χ3v) is 5.37. The Bertz CT molecular complexity index is 1190. The molecular weight excluding hydrogens is 402 g/mol. The number of benzene rings is 3. The van der Waals surface area contributed by atoms with Gasteiger partial charge in [0.25, 0.3) is 5.91 Å². The lowest BCUT2D eigenvalue weighted by atomic mass is 9.90. The molecule has 0 unspecified atom stereocenters. The van der Waals surface area contributed by atoms with Crippen LogP contribution in [-0.2, 0) is 0 Å². The van der Waals surface area contributed by atoms with Crippen LogP contribution in [0.4, 0.5) is 11.4 Å². The standard InChI is InChI=1S/C26H25N3O3/c1-4-19-24(18-14-15-22(31-2)23(16-18)32-3)25(28-21-13-9-8-12-20(21)27-19)29-26(30)17-10-6-5-7-11-17/h5-16,24H,4H2,1-3H3,(H,28,29,30)/t24-/m0/s1. The lowest BCUT2D eigenvalue weighted by Crippen LogP contribution is -2.37. The smallest absolute Gasteiger partial charge is 0.256 e. The largest absolute Gasteiger partial charge is 0.493 e. The Balaban J connectivity index is 1.85. The van der Waals surface area contributed by atoms with Crippen molar-refractivity contribution in [3.63, 3.8) is 0 Å². The molecular formula is C26H25N3O3. The zero-order chi connectivity index (χ0) is 22.5. The predicted octanol–water partition coefficient (Wildman–Crippen LogP) is 5.44. The number of rotatable bonds is 5. The van der Waals surface area contributed by atoms with E-state index in [0.29, 0.717) is 35.0 Å². The molecule has 1 N–H and O–H groups in total. The molecule has 1 atom stereocenters. The summed E-state index contributed by atoms with van der Waals surface area (Å²) in [4.78, 5) is 22.8. The predicted molar refractivity (Wildman–Crippen MR) is 127 cm³/mol. The molecule has 3 aromatic rings. The van der Waals surface area contributed by atoms with E-state index in [0.717, 1.165) is 17.0 Å². The normalized spacial score (nSPS) is 15.0. The fourth-order valence-corrected chi connectivity index (χ4v) is 3.77. The van der Waals surface area contributed by atoms with Crippen molar-refractivity contribution in [1.29, 1.82) is 0 Å². The lowest BCUT2D eigenvalue weighted by Gasteiger charge is -2.22. The molecule has 32 heavy (non-hydrogen) atoms. The highest BCUT2D eigenvalue weighted by atomic mass is 16.5. The molecule has 0 radical (unpaired) electrons. The average molecular weight is 428 g/mol. The Kier molecular flexibility index (Phi) is 6.31. The van der Waals surface area contributed by atoms with Crippen LogP contribution >= 0.6 is 0 Å². The number of nitrogens with zero attached hydrogens (tertiary/aromatic N) is 2. The van der Waals surface area contributed by atoms with E-state index in [1.54, 1.807) is 26.4 Å². The van der Waals surface area contributed by atoms with Crippen molar-refractivity contribution >= 4 is 28.8 Å². The van der Waals surface area contributed by atoms with Crippen molar-refractivity contribution in [1.82, 2.24) is 5.32 Å². The maximum atomic E-state index is 13.1. The molecule has 0 saturated carbocycles. The average Bonchev–Trinajstić information content (AvgIpc) is 3.00. The van der Waals surface area contributed by atoms with Gasteiger partial charge in [-0.1, -0.05) is 43.3 Å². The molecule has 1 aliphatic rings. The second-order valence-electron chi connectivity index (χ2n) is 7.31. The van der Waals surface area contributed by atoms with E-state index in [1.165, 1.54) is 0 Å². The summed E-state index contributed by atoms with van der Waals surface area (Å²) in [6, 6.07) is 22.5. The van der Waals surface area contributed by atoms with Crippen molar-refractivity contribution in [2.24, 2.45) is 9.98 Å². The van der Waals surface area contributed by atoms with Crippen LogP contribution in [0.2, 0.25) is 0 Å². The summed E-state index contributed by atoms with van der Waals surface area (Å²) >= 11 is 0. The SMILES string of the molecule is CCC1=Nc2ccccc2N=C(NC(=O)c2ccccc2)[C@H]1c1ccc(OC)c(OC)c1. The van der Waals surface area contributed by atoms with Crippen LogP contribution in [0.25, 0.3) is 0 Å². The number of fused-ring (bicyclic) bond motifs is 1. The van der Waals surface area contributed by atoms with Gasteiger partial charge >= 0.3 is 0 Å². The minimum absolute atomic E-state index is 0.218. The molecule has 0 spiro atoms. The van der Waals surface area contributed by atoms with Crippen LogP contribution in [0.3, 0.4) is 0 Å². The lowest BCUT2D eigenvalue weighted by molar-refractivity contribution is 0.0976. The Labute approximate surface area is 187 Å². The van der Waals surface area contributed by atoms with Gasteiger partial charge < -0.3 is 14.8 Å². The Morgan fingerprint density at radius 2 is 1.53 bits per heavy atom. The molecule has 0 saturated heterocycles. The number of carbonyl (C=O) groups excluding carboxylic acids is 1. The zero-order valence-corrected chi connectivity index (χ0v) is 18.3. The molecule has 3 aromatic carbocycles. The molecule has 0 bridgehead atoms. The number of carbonyl (C=O) groups is 1. The number of nitrogens with one attached hydrogen (secondary N) is 1. The minimum atomic E-state index is -0.347. The van der Waals surface area contributed by atoms with Gasteiger partial charge in [-0.05, 0) is 48.4 Å². The van der Waals surface area contributed by atoms with Crippen molar-refractivity contribution in [3.8, 4) is 11.5 Å². The number of aliphatic imine (C=N–C) groups is 2. The Hall–Kier alpha value is -3.93. The molecule has 1 heterocycles. The maximum absolute atomic E-state index is 13.1. The van der Waals surface area contributed by atoms with Crippen LogP contribution in [-0.4, -0.2) is 31.7 Å². The van der Waals surface area contributed by atoms with E-state index in [2.05, 4.69) is 12.2 Å². The van der Waals surface area contributed by atoms with Gasteiger partial charge in [-0.2, -0.15) is 0 Å². The van der Waals surface area contributed by atoms with Crippen molar-refractivity contribution in [2.45, 2.75) is 19.3 Å². The van der Waals surface area contributed by atoms with Crippen LogP contribution in [0.5, 0.6) is 11.5 Å². The molecule has 1 amide bonds. The van der Waals surface area contributed by atoms with E-state index in [4.69, 9.17) is 19.5 Å². The topological polar surface area (TPSA) is 72.3 Å². The number of amidine groups is 1. The van der Waals surface area contributed by atoms with Gasteiger partial charge in [-0.15, -0.1) is 0 Å². The van der Waals surface area contributed by atoms with Crippen LogP contribution in [0.15, 0.2) is 82.8 Å². The number of ether oxygens (including phenoxy) is 2. The molecule has 6 nitrogen and oxygen atoms in total. The zero-order valence-electron chi connectivity index (χ0n) is 18.3. The van der Waals surface area contributed by atoms with Crippen LogP contribution < -0.4 is 14.8 Å². The number of amides is 1. The van der Waals surface area contributed by atoms with Gasteiger partial charge in [0.1, 0.15) is 5.84 Å². The quantitative estimate of drug-likeness (QED) is 0.589. The summed E-state index contributed by atoms with van der Waals surface area (Å²) in [6.07, 6.45) is 0.688. The summed E-state index contributed by atoms with van der Waals surface area (Å²) < 4.78 is 10.9. The Morgan fingerprint density at radius 1 is 0.875 bits per heavy atom. The van der Waals surface area contributed by atoms with E-state index in [-0.39, 0.29) is 11.8 Å². The molecule has 0 aromatic heterocycles. The first-order valence-corrected chi connectivity index (χ1v) is 10.5. The van der Waals surface area contributed by atoms with Crippen LogP contribution in [0.1, 0.15) is 35.2 Å². The highest BCUT2D eigenvalue weighted by Crippen LogP contribution is 2.37. The maximum Gasteiger partial charge on any atom is 0.256 e. The van der Waals surface area contributed by atoms with Crippen LogP contribution in [0, 0.1) is 0 Å². The fraction of sp³-hybridized carbons (Fsp3) is 0.192. The van der Waals surface area contributed by atoms with Crippen molar-refractivity contribution in [2.75, 3.05) is 14.2 Å². The molecule has 1 aliphatic heterocycles. The van der Waals surface area contributed by atoms with Gasteiger partial charge in [-0.3, -0.25) is 9.79 Å². The van der Waals surface area contributed by atoms with E-state index < -0.39 is 0 Å². The van der Waals surface area contributed by atoms with E-state index in [9.17, 15) is 4.79 Å². The third-order valence-electron chi connectivity index (χ3n) is 5.37. The highest BCUT2D eigenvalue weighted by Gasteiger charge is 2.29. The summed E-state index contributed by atoms with van der Waals surface area (Å²) in [5, 5.41) is 3.05. The van der Waals surface area contributed by atoms with Gasteiger partial charge in [0.05, 0.1) is 31.5 Å². The second kappa shape index (κ2) is 9.47. The monoisotopic (exact) mass is 427 g/mol. The second-order valence-corrected chi connectivity index (χ2v) is 7.31. The molecule has 162 valence electrons. The third kappa shape index (κ3) is 4.25. The molecule has 0 aliphatic carbocycles. The number of hydrogen-bond donors (Lipinski definition) is 1. The number of methoxy groups -OCH3 is 2. The van der Waals surface area contributed by atoms with Gasteiger partial charge in [0.2, 0.25) is 0 Å². The Morgan fingerprint density at radius 3 is 2.19 bits per heavy atom. The molecule has 6 heteroatoms. The summed E-state index contributed by atoms with van der Waals surface area (Å²) in [6.45, 7) is 2.05. The summed E-state index contributed by atoms with van der Waals surface area (Å²) in [7, 11) is 3.21. The molecule has 4 rings (SSSR count). The fourth-order valence-electron chi connectivity index (χ4n) is 3.77. The number of para-hydroxylation sites is 2. The van der Waals surface area contributed by atoms with Gasteiger partial charge in [-0.25, -0.2) is 4.99 Å². The van der Waals surface area contributed by atoms with Gasteiger partial charge in [0, 0.05) is 11.3 Å². The minimum Gasteiger partial charge on any atom is -0.493 e. The summed E-state index contributed by atoms with van der Waals surface area (Å²) in [5.41, 5.74) is 3.86. The van der Waals surface area contributed by atoms with E-state index >= 15 is 0 Å². The van der Waals surface area contributed by atoms with Gasteiger partial charge in [0.15, 0.2) is 11.5 Å².